The molecule has 4 aromatic carbocycles. The Morgan fingerprint density at radius 2 is 1.51 bits per heavy atom. The number of carbonyl (C=O) groups is 2. The van der Waals surface area contributed by atoms with E-state index >= 15 is 0 Å². The summed E-state index contributed by atoms with van der Waals surface area (Å²) >= 11 is 0. The van der Waals surface area contributed by atoms with E-state index in [2.05, 4.69) is 29.6 Å². The lowest BCUT2D eigenvalue weighted by atomic mass is 9.95. The molecule has 1 aliphatic heterocycles. The van der Waals surface area contributed by atoms with Gasteiger partial charge in [0.05, 0.1) is 7.11 Å². The van der Waals surface area contributed by atoms with Crippen molar-refractivity contribution in [1.82, 2.24) is 10.2 Å². The summed E-state index contributed by atoms with van der Waals surface area (Å²) in [4.78, 5) is 29.0. The minimum atomic E-state index is -0.665. The zero-order chi connectivity index (χ0) is 27.2. The number of hydrogen-bond acceptors (Lipinski definition) is 4. The highest BCUT2D eigenvalue weighted by Gasteiger charge is 2.40. The molecule has 1 aliphatic rings. The quantitative estimate of drug-likeness (QED) is 0.285. The molecule has 4 aromatic rings. The lowest BCUT2D eigenvalue weighted by molar-refractivity contribution is -0.150. The van der Waals surface area contributed by atoms with Crippen LogP contribution in [-0.4, -0.2) is 42.5 Å². The van der Waals surface area contributed by atoms with Crippen LogP contribution in [0, 0.1) is 0 Å². The van der Waals surface area contributed by atoms with Crippen molar-refractivity contribution in [1.29, 1.82) is 0 Å². The molecule has 2 amide bonds. The molecule has 6 heteroatoms. The number of benzene rings is 4. The van der Waals surface area contributed by atoms with Crippen molar-refractivity contribution in [3.05, 3.63) is 102 Å². The van der Waals surface area contributed by atoms with E-state index in [-0.39, 0.29) is 11.8 Å². The molecule has 0 radical (unpaired) electrons. The average Bonchev–Trinajstić information content (AvgIpc) is 2.97. The summed E-state index contributed by atoms with van der Waals surface area (Å²) in [5.41, 5.74) is 9.84. The number of unbranched alkanes of at least 4 members (excludes halogenated alkanes) is 1. The number of rotatable bonds is 10. The fourth-order valence-electron chi connectivity index (χ4n) is 5.39. The molecule has 0 saturated carbocycles. The standard InChI is InChI=1S/C33H35N3O3/c1-39-31-21-27-12-6-5-11-26(27)19-28(31)20-29-33(38)36(30(32(37)35-29)13-7-8-18-34)22-23-14-16-25(17-15-23)24-9-3-2-4-10-24/h2-6,9-12,14-17,19,21,29-30H,7-8,13,18,20,22,34H2,1H3,(H,35,37)/t29-,30-/m0/s1. The Labute approximate surface area is 229 Å². The summed E-state index contributed by atoms with van der Waals surface area (Å²) < 4.78 is 5.66. The third kappa shape index (κ3) is 5.96. The predicted molar refractivity (Wildman–Crippen MR) is 155 cm³/mol. The van der Waals surface area contributed by atoms with Gasteiger partial charge in [-0.3, -0.25) is 9.59 Å². The van der Waals surface area contributed by atoms with Crippen LogP contribution in [0.5, 0.6) is 5.75 Å². The topological polar surface area (TPSA) is 84.7 Å². The Morgan fingerprint density at radius 1 is 0.846 bits per heavy atom. The number of fused-ring (bicyclic) bond motifs is 1. The van der Waals surface area contributed by atoms with E-state index in [0.717, 1.165) is 45.9 Å². The molecular formula is C33H35N3O3. The molecule has 5 rings (SSSR count). The molecule has 200 valence electrons. The van der Waals surface area contributed by atoms with Gasteiger partial charge in [0.1, 0.15) is 17.8 Å². The monoisotopic (exact) mass is 521 g/mol. The van der Waals surface area contributed by atoms with Gasteiger partial charge in [-0.2, -0.15) is 0 Å². The maximum Gasteiger partial charge on any atom is 0.246 e. The first-order valence-electron chi connectivity index (χ1n) is 13.6. The second-order valence-electron chi connectivity index (χ2n) is 10.1. The number of hydrogen-bond donors (Lipinski definition) is 2. The second kappa shape index (κ2) is 12.1. The number of nitrogens with zero attached hydrogens (tertiary/aromatic N) is 1. The fraction of sp³-hybridized carbons (Fsp3) is 0.273. The van der Waals surface area contributed by atoms with Crippen molar-refractivity contribution in [3.63, 3.8) is 0 Å². The summed E-state index contributed by atoms with van der Waals surface area (Å²) in [6, 6.07) is 29.3. The van der Waals surface area contributed by atoms with Crippen LogP contribution in [0.3, 0.4) is 0 Å². The molecule has 2 atom stereocenters. The van der Waals surface area contributed by atoms with E-state index in [1.165, 1.54) is 0 Å². The Hall–Kier alpha value is -4.16. The van der Waals surface area contributed by atoms with Gasteiger partial charge in [0.15, 0.2) is 0 Å². The molecule has 0 aliphatic carbocycles. The van der Waals surface area contributed by atoms with E-state index in [1.807, 2.05) is 66.7 Å². The third-order valence-electron chi connectivity index (χ3n) is 7.49. The van der Waals surface area contributed by atoms with Crippen molar-refractivity contribution in [2.45, 2.75) is 44.3 Å². The van der Waals surface area contributed by atoms with Gasteiger partial charge in [0.25, 0.3) is 0 Å². The molecule has 0 bridgehead atoms. The van der Waals surface area contributed by atoms with E-state index in [4.69, 9.17) is 10.5 Å². The van der Waals surface area contributed by atoms with Crippen LogP contribution in [0.15, 0.2) is 91.0 Å². The molecule has 39 heavy (non-hydrogen) atoms. The number of amides is 2. The molecular weight excluding hydrogens is 486 g/mol. The summed E-state index contributed by atoms with van der Waals surface area (Å²) in [5, 5.41) is 5.16. The fourth-order valence-corrected chi connectivity index (χ4v) is 5.39. The van der Waals surface area contributed by atoms with Crippen molar-refractivity contribution in [2.24, 2.45) is 5.73 Å². The molecule has 0 unspecified atom stereocenters. The van der Waals surface area contributed by atoms with E-state index in [0.29, 0.717) is 31.7 Å². The summed E-state index contributed by atoms with van der Waals surface area (Å²) in [6.07, 6.45) is 2.55. The van der Waals surface area contributed by atoms with Crippen LogP contribution in [-0.2, 0) is 22.6 Å². The first-order valence-corrected chi connectivity index (χ1v) is 13.6. The van der Waals surface area contributed by atoms with Crippen molar-refractivity contribution in [3.8, 4) is 16.9 Å². The van der Waals surface area contributed by atoms with Gasteiger partial charge in [0.2, 0.25) is 11.8 Å². The van der Waals surface area contributed by atoms with E-state index in [9.17, 15) is 9.59 Å². The number of nitrogens with two attached hydrogens (primary N) is 1. The lowest BCUT2D eigenvalue weighted by Gasteiger charge is -2.39. The zero-order valence-electron chi connectivity index (χ0n) is 22.3. The molecule has 1 fully saturated rings. The SMILES string of the molecule is COc1cc2ccccc2cc1C[C@@H]1NC(=O)[C@H](CCCCN)N(Cc2ccc(-c3ccccc3)cc2)C1=O. The average molecular weight is 522 g/mol. The lowest BCUT2D eigenvalue weighted by Crippen LogP contribution is -2.63. The van der Waals surface area contributed by atoms with E-state index < -0.39 is 12.1 Å². The summed E-state index contributed by atoms with van der Waals surface area (Å²) in [6.45, 7) is 0.938. The Kier molecular flexibility index (Phi) is 8.23. The second-order valence-corrected chi connectivity index (χ2v) is 10.1. The Morgan fingerprint density at radius 3 is 2.21 bits per heavy atom. The zero-order valence-corrected chi connectivity index (χ0v) is 22.3. The van der Waals surface area contributed by atoms with Gasteiger partial charge in [-0.05, 0) is 71.0 Å². The number of methoxy groups -OCH3 is 1. The van der Waals surface area contributed by atoms with Crippen LogP contribution in [0.1, 0.15) is 30.4 Å². The molecule has 0 spiro atoms. The maximum absolute atomic E-state index is 13.9. The first kappa shape index (κ1) is 26.4. The molecule has 6 nitrogen and oxygen atoms in total. The highest BCUT2D eigenvalue weighted by atomic mass is 16.5. The van der Waals surface area contributed by atoms with Gasteiger partial charge in [-0.15, -0.1) is 0 Å². The summed E-state index contributed by atoms with van der Waals surface area (Å²) in [7, 11) is 1.63. The van der Waals surface area contributed by atoms with Crippen molar-refractivity contribution < 1.29 is 14.3 Å². The van der Waals surface area contributed by atoms with Gasteiger partial charge < -0.3 is 20.7 Å². The minimum Gasteiger partial charge on any atom is -0.496 e. The van der Waals surface area contributed by atoms with Crippen LogP contribution in [0.4, 0.5) is 0 Å². The summed E-state index contributed by atoms with van der Waals surface area (Å²) in [5.74, 6) is 0.524. The normalized spacial score (nSPS) is 17.3. The van der Waals surface area contributed by atoms with Gasteiger partial charge in [-0.1, -0.05) is 78.9 Å². The molecule has 3 N–H and O–H groups in total. The minimum absolute atomic E-state index is 0.0744. The van der Waals surface area contributed by atoms with Crippen LogP contribution in [0.2, 0.25) is 0 Å². The Balaban J connectivity index is 1.40. The molecule has 0 aromatic heterocycles. The number of ether oxygens (including phenoxy) is 1. The number of carbonyl (C=O) groups excluding carboxylic acids is 2. The van der Waals surface area contributed by atoms with Gasteiger partial charge in [0, 0.05) is 13.0 Å². The van der Waals surface area contributed by atoms with Crippen LogP contribution in [0.25, 0.3) is 21.9 Å². The predicted octanol–water partition coefficient (Wildman–Crippen LogP) is 5.08. The first-order chi connectivity index (χ1) is 19.1. The highest BCUT2D eigenvalue weighted by Crippen LogP contribution is 2.29. The van der Waals surface area contributed by atoms with Gasteiger partial charge >= 0.3 is 0 Å². The maximum atomic E-state index is 13.9. The van der Waals surface area contributed by atoms with Crippen LogP contribution >= 0.6 is 0 Å². The molecule has 1 heterocycles. The smallest absolute Gasteiger partial charge is 0.246 e. The third-order valence-corrected chi connectivity index (χ3v) is 7.49. The molecule has 1 saturated heterocycles. The highest BCUT2D eigenvalue weighted by molar-refractivity contribution is 5.97. The Bertz CT molecular complexity index is 1440. The van der Waals surface area contributed by atoms with Crippen LogP contribution < -0.4 is 15.8 Å². The number of nitrogens with one attached hydrogen (secondary N) is 1. The number of piperazine rings is 1. The van der Waals surface area contributed by atoms with Crippen molar-refractivity contribution in [2.75, 3.05) is 13.7 Å². The largest absolute Gasteiger partial charge is 0.496 e. The van der Waals surface area contributed by atoms with E-state index in [1.54, 1.807) is 12.0 Å². The van der Waals surface area contributed by atoms with Gasteiger partial charge in [-0.25, -0.2) is 0 Å². The van der Waals surface area contributed by atoms with Crippen molar-refractivity contribution >= 4 is 22.6 Å².